The number of halogens is 1. The molecule has 1 fully saturated rings. The van der Waals surface area contributed by atoms with Crippen molar-refractivity contribution in [3.63, 3.8) is 0 Å². The van der Waals surface area contributed by atoms with E-state index in [1.54, 1.807) is 18.6 Å². The van der Waals surface area contributed by atoms with E-state index in [1.807, 2.05) is 23.1 Å². The van der Waals surface area contributed by atoms with Crippen LogP contribution in [-0.4, -0.2) is 41.4 Å². The summed E-state index contributed by atoms with van der Waals surface area (Å²) < 4.78 is 19.1. The Morgan fingerprint density at radius 1 is 1.25 bits per heavy atom. The van der Waals surface area contributed by atoms with E-state index in [0.29, 0.717) is 10.8 Å². The summed E-state index contributed by atoms with van der Waals surface area (Å²) in [5.41, 5.74) is 1.69. The molecule has 1 aromatic heterocycles. The van der Waals surface area contributed by atoms with Gasteiger partial charge in [-0.2, -0.15) is 0 Å². The Labute approximate surface area is 190 Å². The van der Waals surface area contributed by atoms with Crippen molar-refractivity contribution in [1.29, 1.82) is 0 Å². The Bertz CT molecular complexity index is 1120. The fourth-order valence-corrected chi connectivity index (χ4v) is 4.66. The first-order valence-electron chi connectivity index (χ1n) is 10.5. The van der Waals surface area contributed by atoms with Crippen molar-refractivity contribution in [2.45, 2.75) is 31.7 Å². The molecule has 1 atom stereocenters. The first-order chi connectivity index (χ1) is 15.5. The lowest BCUT2D eigenvalue weighted by Crippen LogP contribution is -2.37. The van der Waals surface area contributed by atoms with Crippen molar-refractivity contribution in [2.24, 2.45) is 0 Å². The third-order valence-corrected chi connectivity index (χ3v) is 6.33. The topological polar surface area (TPSA) is 71.5 Å². The largest absolute Gasteiger partial charge is 0.497 e. The number of amides is 2. The molecular formula is C24H24FN3O3S. The molecule has 3 aromatic rings. The summed E-state index contributed by atoms with van der Waals surface area (Å²) >= 11 is 1.22. The van der Waals surface area contributed by atoms with Gasteiger partial charge in [0.2, 0.25) is 5.91 Å². The number of anilines is 1. The first kappa shape index (κ1) is 22.0. The van der Waals surface area contributed by atoms with Crippen molar-refractivity contribution in [2.75, 3.05) is 19.0 Å². The molecule has 0 radical (unpaired) electrons. The molecule has 166 valence electrons. The minimum Gasteiger partial charge on any atom is -0.497 e. The summed E-state index contributed by atoms with van der Waals surface area (Å²) in [6.45, 7) is 0.731. The lowest BCUT2D eigenvalue weighted by molar-refractivity contribution is -0.131. The summed E-state index contributed by atoms with van der Waals surface area (Å²) in [4.78, 5) is 31.5. The van der Waals surface area contributed by atoms with E-state index in [1.165, 1.54) is 29.5 Å². The van der Waals surface area contributed by atoms with Crippen LogP contribution in [-0.2, 0) is 17.6 Å². The Hall–Kier alpha value is -3.26. The number of nitrogens with zero attached hydrogens (tertiary/aromatic N) is 2. The molecule has 8 heteroatoms. The first-order valence-corrected chi connectivity index (χ1v) is 11.3. The van der Waals surface area contributed by atoms with Crippen LogP contribution in [0.4, 0.5) is 9.52 Å². The number of carbonyl (C=O) groups excluding carboxylic acids is 2. The van der Waals surface area contributed by atoms with Crippen LogP contribution in [0.3, 0.4) is 0 Å². The van der Waals surface area contributed by atoms with E-state index in [9.17, 15) is 14.0 Å². The fraction of sp³-hybridized carbons (Fsp3) is 0.292. The maximum absolute atomic E-state index is 13.8. The normalized spacial score (nSPS) is 15.6. The van der Waals surface area contributed by atoms with Crippen molar-refractivity contribution in [1.82, 2.24) is 9.88 Å². The van der Waals surface area contributed by atoms with Gasteiger partial charge in [0.15, 0.2) is 5.13 Å². The van der Waals surface area contributed by atoms with Crippen LogP contribution in [0.2, 0.25) is 0 Å². The number of methoxy groups -OCH3 is 1. The fourth-order valence-electron chi connectivity index (χ4n) is 3.96. The standard InChI is InChI=1S/C24H24FN3O3S/c1-31-19-8-4-6-16(13-19)12-18-7-5-11-28(18)22(29)14-17-15-32-24(26-17)27-23(30)20-9-2-3-10-21(20)25/h2-4,6,8-10,13,15,18H,5,7,11-12,14H2,1H3,(H,26,27,30). The molecule has 4 rings (SSSR count). The van der Waals surface area contributed by atoms with E-state index < -0.39 is 11.7 Å². The van der Waals surface area contributed by atoms with Crippen LogP contribution in [0.5, 0.6) is 5.75 Å². The van der Waals surface area contributed by atoms with E-state index in [0.717, 1.165) is 37.1 Å². The Morgan fingerprint density at radius 2 is 2.09 bits per heavy atom. The number of rotatable bonds is 7. The van der Waals surface area contributed by atoms with Crippen LogP contribution in [0.1, 0.15) is 34.5 Å². The molecule has 6 nitrogen and oxygen atoms in total. The number of hydrogen-bond acceptors (Lipinski definition) is 5. The molecule has 0 saturated carbocycles. The Kier molecular flexibility index (Phi) is 6.80. The summed E-state index contributed by atoms with van der Waals surface area (Å²) in [7, 11) is 1.64. The Balaban J connectivity index is 1.37. The average molecular weight is 454 g/mol. The van der Waals surface area contributed by atoms with E-state index in [2.05, 4.69) is 16.4 Å². The van der Waals surface area contributed by atoms with Crippen LogP contribution >= 0.6 is 11.3 Å². The quantitative estimate of drug-likeness (QED) is 0.578. The van der Waals surface area contributed by atoms with Crippen LogP contribution in [0.15, 0.2) is 53.9 Å². The molecule has 1 unspecified atom stereocenters. The minimum absolute atomic E-state index is 0.0210. The second-order valence-corrected chi connectivity index (χ2v) is 8.55. The Morgan fingerprint density at radius 3 is 2.91 bits per heavy atom. The van der Waals surface area contributed by atoms with Crippen molar-refractivity contribution in [3.8, 4) is 5.75 Å². The van der Waals surface area contributed by atoms with Gasteiger partial charge in [0, 0.05) is 18.0 Å². The number of likely N-dealkylation sites (tertiary alicyclic amines) is 1. The second kappa shape index (κ2) is 9.91. The van der Waals surface area contributed by atoms with Gasteiger partial charge in [0.1, 0.15) is 11.6 Å². The molecule has 2 amide bonds. The lowest BCUT2D eigenvalue weighted by Gasteiger charge is -2.25. The van der Waals surface area contributed by atoms with Gasteiger partial charge >= 0.3 is 0 Å². The predicted octanol–water partition coefficient (Wildman–Crippen LogP) is 4.32. The van der Waals surface area contributed by atoms with Crippen molar-refractivity contribution in [3.05, 3.63) is 76.5 Å². The second-order valence-electron chi connectivity index (χ2n) is 7.69. The van der Waals surface area contributed by atoms with Crippen LogP contribution in [0.25, 0.3) is 0 Å². The monoisotopic (exact) mass is 453 g/mol. The number of aromatic nitrogens is 1. The zero-order chi connectivity index (χ0) is 22.5. The molecule has 1 aliphatic heterocycles. The zero-order valence-electron chi connectivity index (χ0n) is 17.7. The highest BCUT2D eigenvalue weighted by atomic mass is 32.1. The third kappa shape index (κ3) is 5.13. The third-order valence-electron chi connectivity index (χ3n) is 5.53. The zero-order valence-corrected chi connectivity index (χ0v) is 18.5. The maximum atomic E-state index is 13.8. The molecule has 0 spiro atoms. The van der Waals surface area contributed by atoms with E-state index >= 15 is 0 Å². The van der Waals surface area contributed by atoms with Crippen LogP contribution in [0, 0.1) is 5.82 Å². The molecule has 1 aliphatic rings. The highest BCUT2D eigenvalue weighted by molar-refractivity contribution is 7.14. The van der Waals surface area contributed by atoms with Crippen molar-refractivity contribution >= 4 is 28.3 Å². The minimum atomic E-state index is -0.590. The van der Waals surface area contributed by atoms with Gasteiger partial charge in [0.25, 0.3) is 5.91 Å². The SMILES string of the molecule is COc1cccc(CC2CCCN2C(=O)Cc2csc(NC(=O)c3ccccc3F)n2)c1. The molecule has 2 aromatic carbocycles. The molecule has 1 saturated heterocycles. The van der Waals surface area contributed by atoms with Crippen molar-refractivity contribution < 1.29 is 18.7 Å². The number of benzene rings is 2. The smallest absolute Gasteiger partial charge is 0.260 e. The number of carbonyl (C=O) groups is 2. The summed E-state index contributed by atoms with van der Waals surface area (Å²) in [6.07, 6.45) is 2.88. The average Bonchev–Trinajstić information content (AvgIpc) is 3.43. The molecule has 0 bridgehead atoms. The van der Waals surface area contributed by atoms with Gasteiger partial charge < -0.3 is 9.64 Å². The number of nitrogens with one attached hydrogen (secondary N) is 1. The molecule has 32 heavy (non-hydrogen) atoms. The van der Waals surface area contributed by atoms with Gasteiger partial charge in [-0.05, 0) is 49.1 Å². The molecule has 2 heterocycles. The number of hydrogen-bond donors (Lipinski definition) is 1. The maximum Gasteiger partial charge on any atom is 0.260 e. The molecule has 1 N–H and O–H groups in total. The predicted molar refractivity (Wildman–Crippen MR) is 122 cm³/mol. The van der Waals surface area contributed by atoms with E-state index in [4.69, 9.17) is 4.74 Å². The van der Waals surface area contributed by atoms with Gasteiger partial charge in [-0.25, -0.2) is 9.37 Å². The number of thiazole rings is 1. The van der Waals surface area contributed by atoms with E-state index in [-0.39, 0.29) is 23.9 Å². The van der Waals surface area contributed by atoms with Gasteiger partial charge in [-0.15, -0.1) is 11.3 Å². The molecular weight excluding hydrogens is 429 g/mol. The van der Waals surface area contributed by atoms with Crippen LogP contribution < -0.4 is 10.1 Å². The lowest BCUT2D eigenvalue weighted by atomic mass is 10.0. The highest BCUT2D eigenvalue weighted by Gasteiger charge is 2.29. The summed E-state index contributed by atoms with van der Waals surface area (Å²) in [5, 5.41) is 4.70. The van der Waals surface area contributed by atoms with Gasteiger partial charge in [-0.1, -0.05) is 24.3 Å². The number of ether oxygens (including phenoxy) is 1. The summed E-state index contributed by atoms with van der Waals surface area (Å²) in [5.74, 6) is -0.320. The van der Waals surface area contributed by atoms with Gasteiger partial charge in [-0.3, -0.25) is 14.9 Å². The molecule has 0 aliphatic carbocycles. The van der Waals surface area contributed by atoms with Gasteiger partial charge in [0.05, 0.1) is 24.8 Å². The summed E-state index contributed by atoms with van der Waals surface area (Å²) in [6, 6.07) is 13.8. The highest BCUT2D eigenvalue weighted by Crippen LogP contribution is 2.25.